The predicted molar refractivity (Wildman–Crippen MR) is 88.0 cm³/mol. The van der Waals surface area contributed by atoms with E-state index in [1.54, 1.807) is 0 Å². The van der Waals surface area contributed by atoms with Gasteiger partial charge >= 0.3 is 5.97 Å². The Bertz CT molecular complexity index is 370. The molecule has 0 fully saturated rings. The number of nitrogens with zero attached hydrogens (tertiary/aromatic N) is 1. The molecule has 4 heteroatoms. The van der Waals surface area contributed by atoms with Gasteiger partial charge in [0, 0.05) is 32.9 Å². The number of ether oxygens (including phenoxy) is 1. The highest BCUT2D eigenvalue weighted by atomic mass is 16.7. The predicted octanol–water partition coefficient (Wildman–Crippen LogP) is 3.56. The first kappa shape index (κ1) is 19.0. The standard InChI is InChI=1S/C18H31NO3/c1-16(2)13-14-19(3)21-15-9-12-18(20)22-17-10-7-5-4-6-8-11-17/h16-17H,5,7-15H2,1-3H3. The number of carbonyl (C=O) groups excluding carboxylic acids is 1. The lowest BCUT2D eigenvalue weighted by Crippen LogP contribution is -2.23. The zero-order valence-electron chi connectivity index (χ0n) is 14.4. The molecule has 0 heterocycles. The molecular weight excluding hydrogens is 278 g/mol. The van der Waals surface area contributed by atoms with Gasteiger partial charge < -0.3 is 4.74 Å². The molecule has 0 aliphatic heterocycles. The summed E-state index contributed by atoms with van der Waals surface area (Å²) in [7, 11) is 1.94. The summed E-state index contributed by atoms with van der Waals surface area (Å²) in [6.07, 6.45) is 6.89. The average Bonchev–Trinajstić information content (AvgIpc) is 2.44. The Morgan fingerprint density at radius 3 is 2.82 bits per heavy atom. The molecule has 0 radical (unpaired) electrons. The molecule has 1 atom stereocenters. The molecule has 0 aromatic rings. The van der Waals surface area contributed by atoms with Gasteiger partial charge in [-0.3, -0.25) is 9.63 Å². The first-order valence-corrected chi connectivity index (χ1v) is 8.57. The molecule has 0 bridgehead atoms. The molecule has 0 spiro atoms. The fraction of sp³-hybridized carbons (Fsp3) is 0.833. The second kappa shape index (κ2) is 11.5. The van der Waals surface area contributed by atoms with Crippen LogP contribution in [-0.4, -0.2) is 37.3 Å². The van der Waals surface area contributed by atoms with Crippen LogP contribution in [0.4, 0.5) is 0 Å². The third-order valence-corrected chi connectivity index (χ3v) is 3.70. The molecule has 126 valence electrons. The highest BCUT2D eigenvalue weighted by Gasteiger charge is 2.14. The van der Waals surface area contributed by atoms with Crippen molar-refractivity contribution in [3.05, 3.63) is 0 Å². The number of esters is 1. The molecule has 1 aliphatic rings. The van der Waals surface area contributed by atoms with Crippen molar-refractivity contribution in [1.82, 2.24) is 5.06 Å². The Kier molecular flexibility index (Phi) is 9.94. The van der Waals surface area contributed by atoms with Gasteiger partial charge in [0.05, 0.1) is 6.61 Å². The smallest absolute Gasteiger partial charge is 0.306 e. The minimum Gasteiger partial charge on any atom is -0.462 e. The molecule has 22 heavy (non-hydrogen) atoms. The van der Waals surface area contributed by atoms with Gasteiger partial charge in [-0.05, 0) is 38.0 Å². The Labute approximate surface area is 135 Å². The van der Waals surface area contributed by atoms with E-state index in [0.29, 0.717) is 25.4 Å². The summed E-state index contributed by atoms with van der Waals surface area (Å²) in [4.78, 5) is 17.4. The third kappa shape index (κ3) is 9.81. The molecule has 0 aromatic heterocycles. The first-order valence-electron chi connectivity index (χ1n) is 8.57. The van der Waals surface area contributed by atoms with Crippen LogP contribution in [0.5, 0.6) is 0 Å². The number of rotatable bonds is 9. The molecule has 0 N–H and O–H groups in total. The zero-order valence-corrected chi connectivity index (χ0v) is 14.4. The fourth-order valence-electron chi connectivity index (χ4n) is 2.28. The second-order valence-electron chi connectivity index (χ2n) is 6.37. The van der Waals surface area contributed by atoms with Gasteiger partial charge in [0.2, 0.25) is 0 Å². The van der Waals surface area contributed by atoms with Crippen molar-refractivity contribution in [3.63, 3.8) is 0 Å². The van der Waals surface area contributed by atoms with Crippen molar-refractivity contribution in [1.29, 1.82) is 0 Å². The number of hydrogen-bond acceptors (Lipinski definition) is 4. The lowest BCUT2D eigenvalue weighted by molar-refractivity contribution is -0.155. The summed E-state index contributed by atoms with van der Waals surface area (Å²) < 4.78 is 5.54. The Balaban J connectivity index is 2.06. The van der Waals surface area contributed by atoms with E-state index in [1.807, 2.05) is 12.1 Å². The van der Waals surface area contributed by atoms with Gasteiger partial charge in [-0.25, -0.2) is 0 Å². The molecule has 0 amide bonds. The van der Waals surface area contributed by atoms with Gasteiger partial charge in [-0.1, -0.05) is 13.8 Å². The van der Waals surface area contributed by atoms with Gasteiger partial charge in [0.1, 0.15) is 6.10 Å². The van der Waals surface area contributed by atoms with Crippen LogP contribution in [0, 0.1) is 17.8 Å². The van der Waals surface area contributed by atoms with E-state index in [0.717, 1.165) is 45.1 Å². The normalized spacial score (nSPS) is 18.5. The van der Waals surface area contributed by atoms with E-state index in [-0.39, 0.29) is 12.1 Å². The van der Waals surface area contributed by atoms with Gasteiger partial charge in [0.25, 0.3) is 0 Å². The van der Waals surface area contributed by atoms with E-state index < -0.39 is 0 Å². The summed E-state index contributed by atoms with van der Waals surface area (Å²) >= 11 is 0. The van der Waals surface area contributed by atoms with E-state index in [9.17, 15) is 4.79 Å². The van der Waals surface area contributed by atoms with Crippen LogP contribution in [-0.2, 0) is 14.4 Å². The summed E-state index contributed by atoms with van der Waals surface area (Å²) in [5, 5.41) is 1.86. The lowest BCUT2D eigenvalue weighted by Gasteiger charge is -2.19. The summed E-state index contributed by atoms with van der Waals surface area (Å²) in [6.45, 7) is 5.89. The molecule has 1 rings (SSSR count). The highest BCUT2D eigenvalue weighted by Crippen LogP contribution is 2.14. The maximum Gasteiger partial charge on any atom is 0.306 e. The first-order chi connectivity index (χ1) is 10.6. The minimum atomic E-state index is -0.105. The molecule has 0 saturated carbocycles. The van der Waals surface area contributed by atoms with Gasteiger partial charge in [-0.15, -0.1) is 11.8 Å². The molecule has 0 saturated heterocycles. The quantitative estimate of drug-likeness (QED) is 0.282. The van der Waals surface area contributed by atoms with Crippen LogP contribution in [0.3, 0.4) is 0 Å². The molecule has 4 nitrogen and oxygen atoms in total. The van der Waals surface area contributed by atoms with E-state index in [4.69, 9.17) is 9.57 Å². The Morgan fingerprint density at radius 1 is 1.27 bits per heavy atom. The van der Waals surface area contributed by atoms with E-state index in [1.165, 1.54) is 0 Å². The van der Waals surface area contributed by atoms with E-state index in [2.05, 4.69) is 25.7 Å². The monoisotopic (exact) mass is 309 g/mol. The minimum absolute atomic E-state index is 0.0525. The Hall–Kier alpha value is -1.05. The highest BCUT2D eigenvalue weighted by molar-refractivity contribution is 5.69. The van der Waals surface area contributed by atoms with Crippen LogP contribution in [0.1, 0.15) is 65.2 Å². The number of hydrogen-bond donors (Lipinski definition) is 0. The third-order valence-electron chi connectivity index (χ3n) is 3.70. The topological polar surface area (TPSA) is 38.8 Å². The second-order valence-corrected chi connectivity index (χ2v) is 6.37. The van der Waals surface area contributed by atoms with Crippen molar-refractivity contribution >= 4 is 5.97 Å². The van der Waals surface area contributed by atoms with Crippen molar-refractivity contribution < 1.29 is 14.4 Å². The van der Waals surface area contributed by atoms with Crippen molar-refractivity contribution in [3.8, 4) is 11.8 Å². The maximum absolute atomic E-state index is 11.8. The number of hydroxylamine groups is 2. The van der Waals surface area contributed by atoms with Crippen molar-refractivity contribution in [2.24, 2.45) is 5.92 Å². The Morgan fingerprint density at radius 2 is 2.05 bits per heavy atom. The van der Waals surface area contributed by atoms with Crippen LogP contribution in [0.25, 0.3) is 0 Å². The SMILES string of the molecule is CC(C)CCN(C)OCCCC(=O)OC1CCC#CCCC1. The largest absolute Gasteiger partial charge is 0.462 e. The molecule has 1 aliphatic carbocycles. The van der Waals surface area contributed by atoms with Crippen molar-refractivity contribution in [2.75, 3.05) is 20.2 Å². The molecular formula is C18H31NO3. The lowest BCUT2D eigenvalue weighted by atomic mass is 10.0. The molecule has 0 aromatic carbocycles. The molecule has 1 unspecified atom stereocenters. The summed E-state index contributed by atoms with van der Waals surface area (Å²) in [5.41, 5.74) is 0. The number of carbonyl (C=O) groups is 1. The fourth-order valence-corrected chi connectivity index (χ4v) is 2.28. The van der Waals surface area contributed by atoms with Crippen LogP contribution in [0.15, 0.2) is 0 Å². The summed E-state index contributed by atoms with van der Waals surface area (Å²) in [5.74, 6) is 6.80. The van der Waals surface area contributed by atoms with Crippen LogP contribution >= 0.6 is 0 Å². The van der Waals surface area contributed by atoms with Crippen molar-refractivity contribution in [2.45, 2.75) is 71.3 Å². The summed E-state index contributed by atoms with van der Waals surface area (Å²) in [6, 6.07) is 0. The maximum atomic E-state index is 11.8. The zero-order chi connectivity index (χ0) is 16.2. The van der Waals surface area contributed by atoms with Crippen LogP contribution in [0.2, 0.25) is 0 Å². The van der Waals surface area contributed by atoms with Gasteiger partial charge in [0.15, 0.2) is 0 Å². The van der Waals surface area contributed by atoms with Crippen LogP contribution < -0.4 is 0 Å². The average molecular weight is 309 g/mol. The van der Waals surface area contributed by atoms with Gasteiger partial charge in [-0.2, -0.15) is 5.06 Å². The van der Waals surface area contributed by atoms with E-state index >= 15 is 0 Å².